The van der Waals surface area contributed by atoms with Crippen molar-refractivity contribution in [3.8, 4) is 0 Å². The van der Waals surface area contributed by atoms with Crippen molar-refractivity contribution in [2.24, 2.45) is 5.16 Å². The number of hydrogen-bond donors (Lipinski definition) is 1. The third-order valence-corrected chi connectivity index (χ3v) is 5.74. The number of thiophene rings is 1. The van der Waals surface area contributed by atoms with Crippen molar-refractivity contribution in [2.45, 2.75) is 44.8 Å². The predicted octanol–water partition coefficient (Wildman–Crippen LogP) is 2.89. The van der Waals surface area contributed by atoms with Gasteiger partial charge in [-0.3, -0.25) is 9.69 Å². The van der Waals surface area contributed by atoms with Crippen LogP contribution in [0, 0.1) is 0 Å². The second-order valence-corrected chi connectivity index (χ2v) is 7.83. The van der Waals surface area contributed by atoms with Crippen LogP contribution in [0.3, 0.4) is 0 Å². The van der Waals surface area contributed by atoms with Gasteiger partial charge in [-0.05, 0) is 38.4 Å². The number of likely N-dealkylation sites (tertiary alicyclic amines) is 1. The lowest BCUT2D eigenvalue weighted by Crippen LogP contribution is -2.44. The Kier molecular flexibility index (Phi) is 5.56. The van der Waals surface area contributed by atoms with Crippen molar-refractivity contribution in [3.63, 3.8) is 0 Å². The summed E-state index contributed by atoms with van der Waals surface area (Å²) in [5.74, 6) is -0.0870. The fraction of sp³-hybridized carbons (Fsp3) is 0.625. The molecule has 0 aromatic carbocycles. The lowest BCUT2D eigenvalue weighted by Gasteiger charge is -2.33. The lowest BCUT2D eigenvalue weighted by molar-refractivity contribution is -0.131. The molecule has 0 unspecified atom stereocenters. The molecule has 2 atom stereocenters. The van der Waals surface area contributed by atoms with E-state index in [-0.39, 0.29) is 5.91 Å². The summed E-state index contributed by atoms with van der Waals surface area (Å²) in [6.45, 7) is 4.94. The zero-order valence-corrected chi connectivity index (χ0v) is 14.8. The molecule has 1 N–H and O–H groups in total. The maximum atomic E-state index is 12.2. The SMILES string of the molecule is C[C@H]1CCCCN1CCNC(=O)[C@H]1CC(c2ccc(Cl)s2)=NO1. The van der Waals surface area contributed by atoms with Crippen LogP contribution < -0.4 is 5.32 Å². The third kappa shape index (κ3) is 4.25. The molecule has 126 valence electrons. The van der Waals surface area contributed by atoms with E-state index < -0.39 is 6.10 Å². The highest BCUT2D eigenvalue weighted by Crippen LogP contribution is 2.26. The molecule has 0 bridgehead atoms. The van der Waals surface area contributed by atoms with Gasteiger partial charge in [0.25, 0.3) is 5.91 Å². The van der Waals surface area contributed by atoms with Crippen LogP contribution in [0.4, 0.5) is 0 Å². The minimum Gasteiger partial charge on any atom is -0.382 e. The van der Waals surface area contributed by atoms with Crippen molar-refractivity contribution < 1.29 is 9.63 Å². The lowest BCUT2D eigenvalue weighted by atomic mass is 10.0. The van der Waals surface area contributed by atoms with E-state index in [1.807, 2.05) is 12.1 Å². The Morgan fingerprint density at radius 2 is 2.39 bits per heavy atom. The van der Waals surface area contributed by atoms with Crippen LogP contribution in [-0.2, 0) is 9.63 Å². The summed E-state index contributed by atoms with van der Waals surface area (Å²) < 4.78 is 0.714. The van der Waals surface area contributed by atoms with Crippen molar-refractivity contribution >= 4 is 34.6 Å². The summed E-state index contributed by atoms with van der Waals surface area (Å²) >= 11 is 7.38. The first kappa shape index (κ1) is 16.7. The fourth-order valence-corrected chi connectivity index (χ4v) is 4.09. The zero-order valence-electron chi connectivity index (χ0n) is 13.3. The zero-order chi connectivity index (χ0) is 16.2. The Labute approximate surface area is 145 Å². The molecule has 1 amide bonds. The van der Waals surface area contributed by atoms with Gasteiger partial charge in [0.1, 0.15) is 5.71 Å². The maximum absolute atomic E-state index is 12.2. The van der Waals surface area contributed by atoms with Crippen LogP contribution in [0.25, 0.3) is 0 Å². The standard InChI is InChI=1S/C16H22ClN3O2S/c1-11-4-2-3-8-20(11)9-7-18-16(21)13-10-12(19-22-13)14-5-6-15(17)23-14/h5-6,11,13H,2-4,7-10H2,1H3,(H,18,21)/t11-,13+/m0/s1. The van der Waals surface area contributed by atoms with Crippen molar-refractivity contribution in [1.29, 1.82) is 0 Å². The second-order valence-electron chi connectivity index (χ2n) is 6.11. The van der Waals surface area contributed by atoms with Gasteiger partial charge in [-0.25, -0.2) is 0 Å². The number of nitrogens with zero attached hydrogens (tertiary/aromatic N) is 2. The van der Waals surface area contributed by atoms with Gasteiger partial charge in [-0.2, -0.15) is 0 Å². The molecule has 0 aliphatic carbocycles. The number of nitrogens with one attached hydrogen (secondary N) is 1. The molecule has 23 heavy (non-hydrogen) atoms. The maximum Gasteiger partial charge on any atom is 0.264 e. The molecule has 1 aromatic rings. The van der Waals surface area contributed by atoms with Gasteiger partial charge in [0.2, 0.25) is 6.10 Å². The van der Waals surface area contributed by atoms with Gasteiger partial charge < -0.3 is 10.2 Å². The number of hydrogen-bond acceptors (Lipinski definition) is 5. The van der Waals surface area contributed by atoms with Crippen LogP contribution in [0.2, 0.25) is 4.34 Å². The van der Waals surface area contributed by atoms with Crippen molar-refractivity contribution in [1.82, 2.24) is 10.2 Å². The van der Waals surface area contributed by atoms with E-state index in [1.165, 1.54) is 30.6 Å². The molecule has 1 aromatic heterocycles. The van der Waals surface area contributed by atoms with E-state index in [4.69, 9.17) is 16.4 Å². The monoisotopic (exact) mass is 355 g/mol. The van der Waals surface area contributed by atoms with E-state index in [1.54, 1.807) is 0 Å². The van der Waals surface area contributed by atoms with Crippen molar-refractivity contribution in [2.75, 3.05) is 19.6 Å². The Balaban J connectivity index is 1.41. The molecule has 1 fully saturated rings. The molecule has 1 saturated heterocycles. The van der Waals surface area contributed by atoms with Crippen LogP contribution in [0.15, 0.2) is 17.3 Å². The number of piperidine rings is 1. The van der Waals surface area contributed by atoms with Crippen molar-refractivity contribution in [3.05, 3.63) is 21.3 Å². The van der Waals surface area contributed by atoms with Crippen LogP contribution in [-0.4, -0.2) is 48.3 Å². The average Bonchev–Trinajstić information content (AvgIpc) is 3.18. The molecule has 5 nitrogen and oxygen atoms in total. The summed E-state index contributed by atoms with van der Waals surface area (Å²) in [6, 6.07) is 4.35. The molecule has 0 saturated carbocycles. The molecular formula is C16H22ClN3O2S. The Bertz CT molecular complexity index is 590. The summed E-state index contributed by atoms with van der Waals surface area (Å²) in [4.78, 5) is 20.9. The highest BCUT2D eigenvalue weighted by atomic mass is 35.5. The molecule has 7 heteroatoms. The number of halogens is 1. The summed E-state index contributed by atoms with van der Waals surface area (Å²) in [6.07, 6.45) is 3.80. The van der Waals surface area contributed by atoms with Crippen LogP contribution in [0.1, 0.15) is 37.5 Å². The quantitative estimate of drug-likeness (QED) is 0.883. The largest absolute Gasteiger partial charge is 0.382 e. The molecule has 0 spiro atoms. The number of oxime groups is 1. The minimum absolute atomic E-state index is 0.0870. The summed E-state index contributed by atoms with van der Waals surface area (Å²) in [5.41, 5.74) is 0.798. The van der Waals surface area contributed by atoms with Gasteiger partial charge in [0.05, 0.1) is 9.21 Å². The number of amides is 1. The van der Waals surface area contributed by atoms with E-state index >= 15 is 0 Å². The van der Waals surface area contributed by atoms with Gasteiger partial charge in [-0.15, -0.1) is 11.3 Å². The van der Waals surface area contributed by atoms with E-state index in [9.17, 15) is 4.79 Å². The first-order chi connectivity index (χ1) is 11.1. The number of rotatable bonds is 5. The molecule has 2 aliphatic rings. The van der Waals surface area contributed by atoms with Gasteiger partial charge in [-0.1, -0.05) is 23.2 Å². The third-order valence-electron chi connectivity index (χ3n) is 4.46. The predicted molar refractivity (Wildman–Crippen MR) is 93.3 cm³/mol. The average molecular weight is 356 g/mol. The summed E-state index contributed by atoms with van der Waals surface area (Å²) in [7, 11) is 0. The Morgan fingerprint density at radius 3 is 3.13 bits per heavy atom. The highest BCUT2D eigenvalue weighted by molar-refractivity contribution is 7.18. The first-order valence-corrected chi connectivity index (χ1v) is 9.33. The molecule has 3 rings (SSSR count). The molecular weight excluding hydrogens is 334 g/mol. The van der Waals surface area contributed by atoms with Crippen LogP contribution in [0.5, 0.6) is 0 Å². The number of carbonyl (C=O) groups excluding carboxylic acids is 1. The molecule has 0 radical (unpaired) electrons. The molecule has 3 heterocycles. The summed E-state index contributed by atoms with van der Waals surface area (Å²) in [5, 5.41) is 7.00. The van der Waals surface area contributed by atoms with Crippen LogP contribution >= 0.6 is 22.9 Å². The normalized spacial score (nSPS) is 25.0. The van der Waals surface area contributed by atoms with Gasteiger partial charge >= 0.3 is 0 Å². The van der Waals surface area contributed by atoms with Gasteiger partial charge in [0, 0.05) is 25.6 Å². The second kappa shape index (κ2) is 7.64. The number of carbonyl (C=O) groups is 1. The van der Waals surface area contributed by atoms with E-state index in [0.717, 1.165) is 23.7 Å². The minimum atomic E-state index is -0.523. The smallest absolute Gasteiger partial charge is 0.264 e. The Hall–Kier alpha value is -1.11. The fourth-order valence-electron chi connectivity index (χ4n) is 3.06. The van der Waals surface area contributed by atoms with E-state index in [0.29, 0.717) is 23.3 Å². The molecule has 2 aliphatic heterocycles. The van der Waals surface area contributed by atoms with Gasteiger partial charge in [0.15, 0.2) is 0 Å². The first-order valence-electron chi connectivity index (χ1n) is 8.13. The van der Waals surface area contributed by atoms with E-state index in [2.05, 4.69) is 22.3 Å². The Morgan fingerprint density at radius 1 is 1.52 bits per heavy atom. The topological polar surface area (TPSA) is 53.9 Å². The highest BCUT2D eigenvalue weighted by Gasteiger charge is 2.29.